The van der Waals surface area contributed by atoms with Gasteiger partial charge < -0.3 is 5.73 Å². The zero-order valence-corrected chi connectivity index (χ0v) is 13.0. The van der Waals surface area contributed by atoms with Gasteiger partial charge in [-0.15, -0.1) is 0 Å². The van der Waals surface area contributed by atoms with Gasteiger partial charge in [-0.2, -0.15) is 17.5 Å². The number of nitrogens with zero attached hydrogens (tertiary/aromatic N) is 1. The molecule has 1 aliphatic rings. The number of carbonyl (C=O) groups excluding carboxylic acids is 1. The van der Waals surface area contributed by atoms with Gasteiger partial charge in [0.05, 0.1) is 10.5 Å². The smallest absolute Gasteiger partial charge is 0.370 e. The van der Waals surface area contributed by atoms with Gasteiger partial charge in [0.25, 0.3) is 0 Å². The second kappa shape index (κ2) is 6.48. The minimum atomic E-state index is -4.76. The van der Waals surface area contributed by atoms with Crippen molar-refractivity contribution < 1.29 is 26.4 Å². The van der Waals surface area contributed by atoms with Crippen LogP contribution in [0.25, 0.3) is 0 Å². The fourth-order valence-electron chi connectivity index (χ4n) is 2.76. The van der Waals surface area contributed by atoms with E-state index in [9.17, 15) is 26.4 Å². The third-order valence-corrected chi connectivity index (χ3v) is 5.71. The van der Waals surface area contributed by atoms with Gasteiger partial charge in [0.15, 0.2) is 0 Å². The van der Waals surface area contributed by atoms with Crippen LogP contribution in [0.15, 0.2) is 29.2 Å². The lowest BCUT2D eigenvalue weighted by molar-refractivity contribution is -0.139. The van der Waals surface area contributed by atoms with Crippen LogP contribution in [0.2, 0.25) is 0 Å². The number of hydrogen-bond acceptors (Lipinski definition) is 3. The fraction of sp³-hybridized carbons (Fsp3) is 0.500. The number of nitrogens with two attached hydrogens (primary N) is 1. The summed E-state index contributed by atoms with van der Waals surface area (Å²) in [5.41, 5.74) is 3.93. The minimum Gasteiger partial charge on any atom is -0.370 e. The number of hydrogen-bond donors (Lipinski definition) is 1. The van der Waals surface area contributed by atoms with E-state index in [1.165, 1.54) is 6.07 Å². The SMILES string of the molecule is NC(=O)CC1CCCN(S(=O)(=O)c2ccccc2C(F)(F)F)C1. The molecule has 1 atom stereocenters. The van der Waals surface area contributed by atoms with Crippen LogP contribution in [0.4, 0.5) is 13.2 Å². The van der Waals surface area contributed by atoms with Crippen molar-refractivity contribution in [1.29, 1.82) is 0 Å². The number of rotatable bonds is 4. The number of alkyl halides is 3. The Kier molecular flexibility index (Phi) is 5.00. The van der Waals surface area contributed by atoms with E-state index in [2.05, 4.69) is 0 Å². The van der Waals surface area contributed by atoms with Crippen LogP contribution >= 0.6 is 0 Å². The van der Waals surface area contributed by atoms with Crippen LogP contribution in [0.5, 0.6) is 0 Å². The van der Waals surface area contributed by atoms with Crippen molar-refractivity contribution in [2.45, 2.75) is 30.3 Å². The Balaban J connectivity index is 2.34. The molecule has 0 aliphatic carbocycles. The second-order valence-electron chi connectivity index (χ2n) is 5.54. The molecule has 1 aromatic rings. The first kappa shape index (κ1) is 17.7. The summed E-state index contributed by atoms with van der Waals surface area (Å²) >= 11 is 0. The molecule has 0 bridgehead atoms. The fourth-order valence-corrected chi connectivity index (χ4v) is 4.53. The van der Waals surface area contributed by atoms with Gasteiger partial charge in [-0.1, -0.05) is 12.1 Å². The van der Waals surface area contributed by atoms with Crippen molar-refractivity contribution >= 4 is 15.9 Å². The number of piperidine rings is 1. The van der Waals surface area contributed by atoms with E-state index in [0.29, 0.717) is 12.8 Å². The Bertz CT molecular complexity index is 689. The molecule has 1 aliphatic heterocycles. The number of carbonyl (C=O) groups is 1. The minimum absolute atomic E-state index is 0.00252. The molecule has 9 heteroatoms. The monoisotopic (exact) mass is 350 g/mol. The molecule has 1 fully saturated rings. The van der Waals surface area contributed by atoms with Crippen molar-refractivity contribution in [2.75, 3.05) is 13.1 Å². The van der Waals surface area contributed by atoms with E-state index in [1.54, 1.807) is 0 Å². The second-order valence-corrected chi connectivity index (χ2v) is 7.44. The van der Waals surface area contributed by atoms with Gasteiger partial charge in [-0.05, 0) is 30.9 Å². The molecule has 0 saturated carbocycles. The first-order chi connectivity index (χ1) is 10.6. The molecule has 2 rings (SSSR count). The summed E-state index contributed by atoms with van der Waals surface area (Å²) in [7, 11) is -4.28. The van der Waals surface area contributed by atoms with E-state index < -0.39 is 32.6 Å². The molecule has 128 valence electrons. The van der Waals surface area contributed by atoms with Crippen LogP contribution in [-0.4, -0.2) is 31.7 Å². The predicted octanol–water partition coefficient (Wildman–Crippen LogP) is 1.98. The lowest BCUT2D eigenvalue weighted by Crippen LogP contribution is -2.41. The van der Waals surface area contributed by atoms with Gasteiger partial charge in [0.2, 0.25) is 15.9 Å². The Labute approximate surface area is 132 Å². The van der Waals surface area contributed by atoms with E-state index in [0.717, 1.165) is 22.5 Å². The van der Waals surface area contributed by atoms with E-state index >= 15 is 0 Å². The molecule has 1 aromatic carbocycles. The maximum absolute atomic E-state index is 13.1. The molecular weight excluding hydrogens is 333 g/mol. The van der Waals surface area contributed by atoms with Gasteiger partial charge in [0, 0.05) is 19.5 Å². The summed E-state index contributed by atoms with van der Waals surface area (Å²) in [5, 5.41) is 0. The molecule has 0 aromatic heterocycles. The molecule has 1 unspecified atom stereocenters. The van der Waals surface area contributed by atoms with Crippen LogP contribution < -0.4 is 5.73 Å². The van der Waals surface area contributed by atoms with Crippen molar-refractivity contribution in [1.82, 2.24) is 4.31 Å². The molecule has 1 amide bonds. The Morgan fingerprint density at radius 2 is 1.96 bits per heavy atom. The van der Waals surface area contributed by atoms with Crippen molar-refractivity contribution in [3.63, 3.8) is 0 Å². The Morgan fingerprint density at radius 3 is 2.57 bits per heavy atom. The average Bonchev–Trinajstić information content (AvgIpc) is 2.46. The summed E-state index contributed by atoms with van der Waals surface area (Å²) in [4.78, 5) is 10.2. The summed E-state index contributed by atoms with van der Waals surface area (Å²) < 4.78 is 65.4. The Morgan fingerprint density at radius 1 is 1.30 bits per heavy atom. The normalized spacial score (nSPS) is 20.4. The molecule has 0 spiro atoms. The molecule has 2 N–H and O–H groups in total. The zero-order chi connectivity index (χ0) is 17.3. The van der Waals surface area contributed by atoms with Gasteiger partial charge in [0.1, 0.15) is 0 Å². The summed E-state index contributed by atoms with van der Waals surface area (Å²) in [6, 6.07) is 4.11. The van der Waals surface area contributed by atoms with Crippen LogP contribution in [-0.2, 0) is 21.0 Å². The van der Waals surface area contributed by atoms with Crippen LogP contribution in [0, 0.1) is 5.92 Å². The van der Waals surface area contributed by atoms with Gasteiger partial charge >= 0.3 is 6.18 Å². The number of benzene rings is 1. The highest BCUT2D eigenvalue weighted by Gasteiger charge is 2.39. The molecule has 1 saturated heterocycles. The van der Waals surface area contributed by atoms with Crippen molar-refractivity contribution in [2.24, 2.45) is 11.7 Å². The first-order valence-electron chi connectivity index (χ1n) is 7.07. The van der Waals surface area contributed by atoms with Gasteiger partial charge in [-0.25, -0.2) is 8.42 Å². The number of sulfonamides is 1. The van der Waals surface area contributed by atoms with Crippen molar-refractivity contribution in [3.05, 3.63) is 29.8 Å². The van der Waals surface area contributed by atoms with Crippen molar-refractivity contribution in [3.8, 4) is 0 Å². The summed E-state index contributed by atoms with van der Waals surface area (Å²) in [5.74, 6) is -0.820. The molecule has 0 radical (unpaired) electrons. The molecule has 23 heavy (non-hydrogen) atoms. The van der Waals surface area contributed by atoms with E-state index in [4.69, 9.17) is 5.73 Å². The number of primary amides is 1. The first-order valence-corrected chi connectivity index (χ1v) is 8.51. The number of halogens is 3. The lowest BCUT2D eigenvalue weighted by atomic mass is 9.96. The molecule has 1 heterocycles. The topological polar surface area (TPSA) is 80.5 Å². The summed E-state index contributed by atoms with van der Waals surface area (Å²) in [6.45, 7) is 0.126. The average molecular weight is 350 g/mol. The zero-order valence-electron chi connectivity index (χ0n) is 12.2. The maximum atomic E-state index is 13.1. The van der Waals surface area contributed by atoms with E-state index in [-0.39, 0.29) is 25.4 Å². The van der Waals surface area contributed by atoms with E-state index in [1.807, 2.05) is 0 Å². The third kappa shape index (κ3) is 4.03. The maximum Gasteiger partial charge on any atom is 0.417 e. The standard InChI is InChI=1S/C14H17F3N2O3S/c15-14(16,17)11-5-1-2-6-12(11)23(21,22)19-7-3-4-10(9-19)8-13(18)20/h1-2,5-6,10H,3-4,7-9H2,(H2,18,20). The van der Waals surface area contributed by atoms with Crippen LogP contribution in [0.3, 0.4) is 0 Å². The third-order valence-electron chi connectivity index (χ3n) is 3.78. The highest BCUT2D eigenvalue weighted by molar-refractivity contribution is 7.89. The van der Waals surface area contributed by atoms with Crippen LogP contribution in [0.1, 0.15) is 24.8 Å². The summed E-state index contributed by atoms with van der Waals surface area (Å²) in [6.07, 6.45) is -3.64. The largest absolute Gasteiger partial charge is 0.417 e. The quantitative estimate of drug-likeness (QED) is 0.902. The lowest BCUT2D eigenvalue weighted by Gasteiger charge is -2.32. The Hall–Kier alpha value is -1.61. The highest BCUT2D eigenvalue weighted by Crippen LogP contribution is 2.36. The molecule has 5 nitrogen and oxygen atoms in total. The number of amides is 1. The van der Waals surface area contributed by atoms with Gasteiger partial charge in [-0.3, -0.25) is 4.79 Å². The highest BCUT2D eigenvalue weighted by atomic mass is 32.2. The molecular formula is C14H17F3N2O3S. The predicted molar refractivity (Wildman–Crippen MR) is 76.7 cm³/mol.